The van der Waals surface area contributed by atoms with Crippen LogP contribution < -0.4 is 5.32 Å². The third-order valence-electron chi connectivity index (χ3n) is 3.62. The van der Waals surface area contributed by atoms with Crippen LogP contribution in [0.15, 0.2) is 54.6 Å². The highest BCUT2D eigenvalue weighted by molar-refractivity contribution is 5.52. The van der Waals surface area contributed by atoms with Gasteiger partial charge in [0.25, 0.3) is 0 Å². The van der Waals surface area contributed by atoms with Gasteiger partial charge in [-0.3, -0.25) is 0 Å². The SMILES string of the molecule is Cc1nnc(CNc2cccc(C#Cc3ccccc3)c2)n1C. The standard InChI is InChI=1S/C19H18N4/c1-15-21-22-19(23(15)2)14-20-18-10-6-9-17(13-18)12-11-16-7-4-3-5-8-16/h3-10,13,20H,14H2,1-2H3. The summed E-state index contributed by atoms with van der Waals surface area (Å²) < 4.78 is 1.98. The van der Waals surface area contributed by atoms with Gasteiger partial charge in [-0.2, -0.15) is 0 Å². The second kappa shape index (κ2) is 6.80. The third-order valence-corrected chi connectivity index (χ3v) is 3.62. The summed E-state index contributed by atoms with van der Waals surface area (Å²) in [5, 5.41) is 11.6. The monoisotopic (exact) mass is 302 g/mol. The zero-order valence-electron chi connectivity index (χ0n) is 13.2. The van der Waals surface area contributed by atoms with E-state index in [1.807, 2.05) is 73.1 Å². The minimum Gasteiger partial charge on any atom is -0.378 e. The minimum atomic E-state index is 0.632. The van der Waals surface area contributed by atoms with Crippen LogP contribution in [-0.2, 0) is 13.6 Å². The van der Waals surface area contributed by atoms with Gasteiger partial charge in [0.1, 0.15) is 5.82 Å². The van der Waals surface area contributed by atoms with E-state index in [0.717, 1.165) is 28.5 Å². The van der Waals surface area contributed by atoms with Crippen LogP contribution in [0, 0.1) is 18.8 Å². The normalized spacial score (nSPS) is 10.0. The van der Waals surface area contributed by atoms with Gasteiger partial charge in [0.15, 0.2) is 5.82 Å². The van der Waals surface area contributed by atoms with Crippen LogP contribution >= 0.6 is 0 Å². The Morgan fingerprint density at radius 2 is 1.70 bits per heavy atom. The Hall–Kier alpha value is -3.06. The summed E-state index contributed by atoms with van der Waals surface area (Å²) in [6.07, 6.45) is 0. The molecule has 0 aliphatic heterocycles. The lowest BCUT2D eigenvalue weighted by Crippen LogP contribution is -2.06. The largest absolute Gasteiger partial charge is 0.378 e. The Kier molecular flexibility index (Phi) is 4.39. The molecule has 0 saturated heterocycles. The molecule has 3 aromatic rings. The Labute approximate surface area is 136 Å². The Morgan fingerprint density at radius 3 is 2.43 bits per heavy atom. The maximum absolute atomic E-state index is 4.15. The number of hydrogen-bond donors (Lipinski definition) is 1. The molecule has 0 bridgehead atoms. The maximum atomic E-state index is 4.15. The van der Waals surface area contributed by atoms with E-state index < -0.39 is 0 Å². The fourth-order valence-corrected chi connectivity index (χ4v) is 2.16. The molecule has 23 heavy (non-hydrogen) atoms. The molecule has 0 aliphatic rings. The summed E-state index contributed by atoms with van der Waals surface area (Å²) in [6.45, 7) is 2.57. The number of nitrogens with zero attached hydrogens (tertiary/aromatic N) is 3. The van der Waals surface area contributed by atoms with E-state index in [1.165, 1.54) is 0 Å². The van der Waals surface area contributed by atoms with Crippen molar-refractivity contribution in [2.45, 2.75) is 13.5 Å². The molecule has 114 valence electrons. The predicted octanol–water partition coefficient (Wildman–Crippen LogP) is 3.14. The average Bonchev–Trinajstić information content (AvgIpc) is 2.91. The Morgan fingerprint density at radius 1 is 0.957 bits per heavy atom. The van der Waals surface area contributed by atoms with Gasteiger partial charge in [-0.25, -0.2) is 0 Å². The first kappa shape index (κ1) is 14.9. The Balaban J connectivity index is 1.70. The van der Waals surface area contributed by atoms with Gasteiger partial charge in [0, 0.05) is 23.9 Å². The highest BCUT2D eigenvalue weighted by Gasteiger charge is 2.04. The molecule has 2 aromatic carbocycles. The van der Waals surface area contributed by atoms with E-state index in [-0.39, 0.29) is 0 Å². The van der Waals surface area contributed by atoms with Gasteiger partial charge in [0.2, 0.25) is 0 Å². The molecule has 0 aliphatic carbocycles. The molecule has 0 fully saturated rings. The van der Waals surface area contributed by atoms with E-state index in [0.29, 0.717) is 6.54 Å². The van der Waals surface area contributed by atoms with Crippen molar-refractivity contribution < 1.29 is 0 Å². The Bertz CT molecular complexity index is 854. The lowest BCUT2D eigenvalue weighted by molar-refractivity contribution is 0.789. The summed E-state index contributed by atoms with van der Waals surface area (Å²) in [4.78, 5) is 0. The van der Waals surface area contributed by atoms with Crippen molar-refractivity contribution in [3.8, 4) is 11.8 Å². The number of benzene rings is 2. The number of hydrogen-bond acceptors (Lipinski definition) is 3. The fourth-order valence-electron chi connectivity index (χ4n) is 2.16. The van der Waals surface area contributed by atoms with Crippen LogP contribution in [0.3, 0.4) is 0 Å². The highest BCUT2D eigenvalue weighted by atomic mass is 15.3. The fraction of sp³-hybridized carbons (Fsp3) is 0.158. The van der Waals surface area contributed by atoms with E-state index >= 15 is 0 Å². The molecule has 1 N–H and O–H groups in total. The first-order valence-corrected chi connectivity index (χ1v) is 7.48. The van der Waals surface area contributed by atoms with Crippen LogP contribution in [0.1, 0.15) is 22.8 Å². The number of anilines is 1. The van der Waals surface area contributed by atoms with Crippen molar-refractivity contribution in [1.29, 1.82) is 0 Å². The lowest BCUT2D eigenvalue weighted by Gasteiger charge is -2.06. The molecule has 1 heterocycles. The molecule has 0 spiro atoms. The van der Waals surface area contributed by atoms with Crippen LogP contribution in [0.25, 0.3) is 0 Å². The summed E-state index contributed by atoms with van der Waals surface area (Å²) in [5.41, 5.74) is 3.01. The van der Waals surface area contributed by atoms with Crippen molar-refractivity contribution in [2.24, 2.45) is 7.05 Å². The molecule has 0 unspecified atom stereocenters. The smallest absolute Gasteiger partial charge is 0.152 e. The van der Waals surface area contributed by atoms with Crippen molar-refractivity contribution in [3.63, 3.8) is 0 Å². The van der Waals surface area contributed by atoms with E-state index in [2.05, 4.69) is 27.4 Å². The lowest BCUT2D eigenvalue weighted by atomic mass is 10.1. The van der Waals surface area contributed by atoms with Gasteiger partial charge in [-0.15, -0.1) is 10.2 Å². The van der Waals surface area contributed by atoms with Crippen molar-refractivity contribution in [2.75, 3.05) is 5.32 Å². The maximum Gasteiger partial charge on any atom is 0.152 e. The van der Waals surface area contributed by atoms with E-state index in [9.17, 15) is 0 Å². The molecule has 0 radical (unpaired) electrons. The van der Waals surface area contributed by atoms with Gasteiger partial charge in [-0.1, -0.05) is 36.1 Å². The predicted molar refractivity (Wildman–Crippen MR) is 91.9 cm³/mol. The molecule has 4 heteroatoms. The van der Waals surface area contributed by atoms with Crippen LogP contribution in [0.4, 0.5) is 5.69 Å². The molecular weight excluding hydrogens is 284 g/mol. The molecular formula is C19H18N4. The van der Waals surface area contributed by atoms with Crippen molar-refractivity contribution in [3.05, 3.63) is 77.4 Å². The quantitative estimate of drug-likeness (QED) is 0.756. The van der Waals surface area contributed by atoms with E-state index in [4.69, 9.17) is 0 Å². The summed E-state index contributed by atoms with van der Waals surface area (Å²) in [6, 6.07) is 18.1. The molecule has 1 aromatic heterocycles. The first-order valence-electron chi connectivity index (χ1n) is 7.48. The molecule has 0 amide bonds. The molecule has 0 atom stereocenters. The third kappa shape index (κ3) is 3.78. The van der Waals surface area contributed by atoms with Crippen LogP contribution in [-0.4, -0.2) is 14.8 Å². The number of rotatable bonds is 3. The minimum absolute atomic E-state index is 0.632. The zero-order chi connectivity index (χ0) is 16.1. The number of aryl methyl sites for hydroxylation is 1. The molecule has 0 saturated carbocycles. The van der Waals surface area contributed by atoms with Gasteiger partial charge in [-0.05, 0) is 37.3 Å². The van der Waals surface area contributed by atoms with Gasteiger partial charge in [0.05, 0.1) is 6.54 Å². The van der Waals surface area contributed by atoms with E-state index in [1.54, 1.807) is 0 Å². The number of nitrogens with one attached hydrogen (secondary N) is 1. The molecule has 4 nitrogen and oxygen atoms in total. The number of aromatic nitrogens is 3. The van der Waals surface area contributed by atoms with Crippen molar-refractivity contribution in [1.82, 2.24) is 14.8 Å². The van der Waals surface area contributed by atoms with Gasteiger partial charge >= 0.3 is 0 Å². The molecule has 3 rings (SSSR count). The summed E-state index contributed by atoms with van der Waals surface area (Å²) in [7, 11) is 1.97. The van der Waals surface area contributed by atoms with Crippen molar-refractivity contribution >= 4 is 5.69 Å². The zero-order valence-corrected chi connectivity index (χ0v) is 13.2. The van der Waals surface area contributed by atoms with Crippen LogP contribution in [0.5, 0.6) is 0 Å². The second-order valence-corrected chi connectivity index (χ2v) is 5.27. The highest BCUT2D eigenvalue weighted by Crippen LogP contribution is 2.11. The van der Waals surface area contributed by atoms with Crippen LogP contribution in [0.2, 0.25) is 0 Å². The van der Waals surface area contributed by atoms with Gasteiger partial charge < -0.3 is 9.88 Å². The second-order valence-electron chi connectivity index (χ2n) is 5.27. The summed E-state index contributed by atoms with van der Waals surface area (Å²) >= 11 is 0. The average molecular weight is 302 g/mol. The topological polar surface area (TPSA) is 42.7 Å². The first-order chi connectivity index (χ1) is 11.2. The summed E-state index contributed by atoms with van der Waals surface area (Å²) in [5.74, 6) is 8.17.